The van der Waals surface area contributed by atoms with E-state index in [2.05, 4.69) is 0 Å². The summed E-state index contributed by atoms with van der Waals surface area (Å²) < 4.78 is 0. The zero-order valence-corrected chi connectivity index (χ0v) is 13.7. The molecule has 1 aromatic carbocycles. The van der Waals surface area contributed by atoms with Gasteiger partial charge in [-0.1, -0.05) is 71.4 Å². The van der Waals surface area contributed by atoms with E-state index in [0.717, 1.165) is 5.56 Å². The average molecular weight is 268 g/mol. The van der Waals surface area contributed by atoms with Gasteiger partial charge in [-0.2, -0.15) is 0 Å². The van der Waals surface area contributed by atoms with Crippen LogP contribution in [0, 0.1) is 6.92 Å². The Bertz CT molecular complexity index is 294. The highest BCUT2D eigenvalue weighted by molar-refractivity contribution is 5.79. The number of hydrogen-bond donors (Lipinski definition) is 2. The molecule has 0 saturated heterocycles. The van der Waals surface area contributed by atoms with Crippen molar-refractivity contribution in [2.45, 2.75) is 60.9 Å². The molecule has 19 heavy (non-hydrogen) atoms. The van der Waals surface area contributed by atoms with Gasteiger partial charge in [0, 0.05) is 0 Å². The highest BCUT2D eigenvalue weighted by atomic mass is 16.1. The number of primary amides is 1. The summed E-state index contributed by atoms with van der Waals surface area (Å²) in [4.78, 5) is 10.7. The molecule has 3 nitrogen and oxygen atoms in total. The molecule has 0 fully saturated rings. The molecule has 0 spiro atoms. The Morgan fingerprint density at radius 1 is 1.00 bits per heavy atom. The molecule has 0 radical (unpaired) electrons. The lowest BCUT2D eigenvalue weighted by Crippen LogP contribution is -2.38. The number of rotatable bonds is 3. The van der Waals surface area contributed by atoms with Crippen molar-refractivity contribution in [1.82, 2.24) is 0 Å². The summed E-state index contributed by atoms with van der Waals surface area (Å²) in [5.41, 5.74) is 12.8. The normalized spacial score (nSPS) is 9.47. The zero-order chi connectivity index (χ0) is 15.8. The van der Waals surface area contributed by atoms with Crippen LogP contribution in [0.25, 0.3) is 0 Å². The van der Waals surface area contributed by atoms with Crippen LogP contribution in [0.4, 0.5) is 0 Å². The Morgan fingerprint density at radius 3 is 1.68 bits per heavy atom. The molecule has 0 aliphatic heterocycles. The molecular weight excluding hydrogens is 236 g/mol. The van der Waals surface area contributed by atoms with Crippen molar-refractivity contribution in [3.05, 3.63) is 35.4 Å². The fourth-order valence-corrected chi connectivity index (χ4v) is 1.08. The first kappa shape index (κ1) is 22.8. The first-order valence-corrected chi connectivity index (χ1v) is 7.20. The molecule has 1 rings (SSSR count). The van der Waals surface area contributed by atoms with Gasteiger partial charge in [0.2, 0.25) is 5.91 Å². The molecule has 4 N–H and O–H groups in total. The van der Waals surface area contributed by atoms with Crippen LogP contribution < -0.4 is 11.5 Å². The molecule has 1 aromatic rings. The lowest BCUT2D eigenvalue weighted by atomic mass is 10.1. The van der Waals surface area contributed by atoms with Crippen LogP contribution in [-0.2, 0) is 11.2 Å². The molecule has 0 heterocycles. The standard InChI is InChI=1S/C10H14N2O.3C2H6/c1-7-2-4-8(5-3-7)6-9(11)10(12)13;3*1-2/h2-5,9H,6,11H2,1H3,(H2,12,13);3*1-2H3. The summed E-state index contributed by atoms with van der Waals surface area (Å²) in [6.45, 7) is 14.0. The van der Waals surface area contributed by atoms with E-state index >= 15 is 0 Å². The van der Waals surface area contributed by atoms with Crippen molar-refractivity contribution in [3.8, 4) is 0 Å². The van der Waals surface area contributed by atoms with Crippen molar-refractivity contribution in [2.24, 2.45) is 11.5 Å². The molecule has 0 aromatic heterocycles. The maximum atomic E-state index is 10.7. The number of carbonyl (C=O) groups is 1. The van der Waals surface area contributed by atoms with Gasteiger partial charge in [0.1, 0.15) is 0 Å². The van der Waals surface area contributed by atoms with E-state index in [-0.39, 0.29) is 0 Å². The quantitative estimate of drug-likeness (QED) is 0.881. The van der Waals surface area contributed by atoms with Crippen LogP contribution in [0.3, 0.4) is 0 Å². The van der Waals surface area contributed by atoms with E-state index in [9.17, 15) is 4.79 Å². The molecule has 1 amide bonds. The SMILES string of the molecule is CC.CC.CC.Cc1ccc(CC(N)C(N)=O)cc1. The molecule has 0 aliphatic rings. The molecule has 0 saturated carbocycles. The minimum absolute atomic E-state index is 0.458. The second-order valence-corrected chi connectivity index (χ2v) is 3.20. The third-order valence-corrected chi connectivity index (χ3v) is 1.94. The molecule has 3 heteroatoms. The molecule has 0 aliphatic carbocycles. The Labute approximate surface area is 119 Å². The Balaban J connectivity index is -0.000000375. The van der Waals surface area contributed by atoms with E-state index in [0.29, 0.717) is 6.42 Å². The third kappa shape index (κ3) is 12.9. The number of hydrogen-bond acceptors (Lipinski definition) is 2. The van der Waals surface area contributed by atoms with Crippen LogP contribution in [0.5, 0.6) is 0 Å². The van der Waals surface area contributed by atoms with Crippen molar-refractivity contribution < 1.29 is 4.79 Å². The molecule has 1 unspecified atom stereocenters. The van der Waals surface area contributed by atoms with Crippen molar-refractivity contribution >= 4 is 5.91 Å². The maximum Gasteiger partial charge on any atom is 0.234 e. The summed E-state index contributed by atoms with van der Waals surface area (Å²) in [5.74, 6) is -0.458. The van der Waals surface area contributed by atoms with E-state index in [4.69, 9.17) is 11.5 Å². The monoisotopic (exact) mass is 268 g/mol. The highest BCUT2D eigenvalue weighted by Gasteiger charge is 2.09. The lowest BCUT2D eigenvalue weighted by molar-refractivity contribution is -0.119. The maximum absolute atomic E-state index is 10.7. The Kier molecular flexibility index (Phi) is 20.0. The van der Waals surface area contributed by atoms with Gasteiger partial charge < -0.3 is 11.5 Å². The van der Waals surface area contributed by atoms with E-state index in [1.54, 1.807) is 0 Å². The molecule has 1 atom stereocenters. The van der Waals surface area contributed by atoms with E-state index < -0.39 is 11.9 Å². The average Bonchev–Trinajstić information content (AvgIpc) is 2.47. The van der Waals surface area contributed by atoms with Gasteiger partial charge in [-0.05, 0) is 18.9 Å². The second kappa shape index (κ2) is 16.6. The predicted molar refractivity (Wildman–Crippen MR) is 86.1 cm³/mol. The number of amides is 1. The van der Waals surface area contributed by atoms with Crippen molar-refractivity contribution in [2.75, 3.05) is 0 Å². The van der Waals surface area contributed by atoms with Crippen molar-refractivity contribution in [3.63, 3.8) is 0 Å². The molecule has 112 valence electrons. The fourth-order valence-electron chi connectivity index (χ4n) is 1.08. The number of carbonyl (C=O) groups excluding carboxylic acids is 1. The van der Waals surface area contributed by atoms with Gasteiger partial charge in [0.15, 0.2) is 0 Å². The summed E-state index contributed by atoms with van der Waals surface area (Å²) in [6.07, 6.45) is 0.510. The van der Waals surface area contributed by atoms with E-state index in [1.807, 2.05) is 72.7 Å². The Morgan fingerprint density at radius 2 is 1.37 bits per heavy atom. The van der Waals surface area contributed by atoms with Gasteiger partial charge in [0.25, 0.3) is 0 Å². The van der Waals surface area contributed by atoms with Crippen LogP contribution in [0.15, 0.2) is 24.3 Å². The fraction of sp³-hybridized carbons (Fsp3) is 0.562. The number of nitrogens with two attached hydrogens (primary N) is 2. The smallest absolute Gasteiger partial charge is 0.234 e. The largest absolute Gasteiger partial charge is 0.368 e. The van der Waals surface area contributed by atoms with Crippen LogP contribution in [0.1, 0.15) is 52.7 Å². The molecule has 0 bridgehead atoms. The summed E-state index contributed by atoms with van der Waals surface area (Å²) in [7, 11) is 0. The van der Waals surface area contributed by atoms with Gasteiger partial charge in [-0.25, -0.2) is 0 Å². The predicted octanol–water partition coefficient (Wildman–Crippen LogP) is 3.43. The number of benzene rings is 1. The summed E-state index contributed by atoms with van der Waals surface area (Å²) in [5, 5.41) is 0. The summed E-state index contributed by atoms with van der Waals surface area (Å²) in [6, 6.07) is 7.31. The van der Waals surface area contributed by atoms with Gasteiger partial charge in [-0.15, -0.1) is 0 Å². The van der Waals surface area contributed by atoms with Crippen LogP contribution in [-0.4, -0.2) is 11.9 Å². The Hall–Kier alpha value is -1.35. The van der Waals surface area contributed by atoms with E-state index in [1.165, 1.54) is 5.56 Å². The minimum atomic E-state index is -0.581. The van der Waals surface area contributed by atoms with Gasteiger partial charge in [0.05, 0.1) is 6.04 Å². The van der Waals surface area contributed by atoms with Gasteiger partial charge >= 0.3 is 0 Å². The molecular formula is C16H32N2O. The van der Waals surface area contributed by atoms with Crippen LogP contribution >= 0.6 is 0 Å². The lowest BCUT2D eigenvalue weighted by Gasteiger charge is -2.06. The van der Waals surface area contributed by atoms with Crippen LogP contribution in [0.2, 0.25) is 0 Å². The zero-order valence-electron chi connectivity index (χ0n) is 13.7. The topological polar surface area (TPSA) is 69.1 Å². The second-order valence-electron chi connectivity index (χ2n) is 3.20. The first-order chi connectivity index (χ1) is 9.09. The first-order valence-electron chi connectivity index (χ1n) is 7.20. The third-order valence-electron chi connectivity index (χ3n) is 1.94. The van der Waals surface area contributed by atoms with Gasteiger partial charge in [-0.3, -0.25) is 4.79 Å². The summed E-state index contributed by atoms with van der Waals surface area (Å²) >= 11 is 0. The van der Waals surface area contributed by atoms with Crippen molar-refractivity contribution in [1.29, 1.82) is 0 Å². The minimum Gasteiger partial charge on any atom is -0.368 e. The number of aryl methyl sites for hydroxylation is 1. The highest BCUT2D eigenvalue weighted by Crippen LogP contribution is 2.04.